The quantitative estimate of drug-likeness (QED) is 0.793. The third-order valence-corrected chi connectivity index (χ3v) is 3.16. The van der Waals surface area contributed by atoms with E-state index < -0.39 is 0 Å². The number of rotatable bonds is 2. The summed E-state index contributed by atoms with van der Waals surface area (Å²) in [5.74, 6) is 1.45. The highest BCUT2D eigenvalue weighted by molar-refractivity contribution is 5.40. The lowest BCUT2D eigenvalue weighted by atomic mass is 10.1. The van der Waals surface area contributed by atoms with E-state index in [1.54, 1.807) is 6.07 Å². The number of anilines is 1. The molecule has 0 radical (unpaired) electrons. The van der Waals surface area contributed by atoms with E-state index in [1.807, 2.05) is 6.92 Å². The molecule has 0 bridgehead atoms. The fraction of sp³-hybridized carbons (Fsp3) is 0.615. The summed E-state index contributed by atoms with van der Waals surface area (Å²) in [6, 6.07) is 4.30. The predicted molar refractivity (Wildman–Crippen MR) is 66.6 cm³/mol. The number of aromatic nitrogens is 2. The maximum Gasteiger partial charge on any atom is 0.146 e. The van der Waals surface area contributed by atoms with Gasteiger partial charge in [0.2, 0.25) is 0 Å². The summed E-state index contributed by atoms with van der Waals surface area (Å²) in [7, 11) is 0. The second-order valence-corrected chi connectivity index (χ2v) is 4.63. The van der Waals surface area contributed by atoms with Crippen LogP contribution in [0.4, 0.5) is 5.82 Å². The van der Waals surface area contributed by atoms with Gasteiger partial charge in [-0.25, -0.2) is 9.97 Å². The molecule has 1 N–H and O–H groups in total. The Morgan fingerprint density at radius 3 is 2.59 bits per heavy atom. The van der Waals surface area contributed by atoms with E-state index >= 15 is 0 Å². The maximum atomic E-state index is 8.87. The number of nitriles is 1. The number of aryl methyl sites for hydroxylation is 1. The zero-order chi connectivity index (χ0) is 12.1. The summed E-state index contributed by atoms with van der Waals surface area (Å²) in [4.78, 5) is 8.38. The largest absolute Gasteiger partial charge is 0.367 e. The number of nitrogens with zero attached hydrogens (tertiary/aromatic N) is 3. The van der Waals surface area contributed by atoms with Crippen molar-refractivity contribution in [3.05, 3.63) is 17.6 Å². The highest BCUT2D eigenvalue weighted by Crippen LogP contribution is 2.20. The fourth-order valence-corrected chi connectivity index (χ4v) is 2.33. The van der Waals surface area contributed by atoms with E-state index in [2.05, 4.69) is 21.4 Å². The number of hydrogen-bond acceptors (Lipinski definition) is 4. The summed E-state index contributed by atoms with van der Waals surface area (Å²) in [5, 5.41) is 12.3. The Morgan fingerprint density at radius 2 is 1.94 bits per heavy atom. The van der Waals surface area contributed by atoms with Crippen LogP contribution in [-0.2, 0) is 0 Å². The van der Waals surface area contributed by atoms with E-state index in [9.17, 15) is 0 Å². The molecule has 1 saturated carbocycles. The zero-order valence-corrected chi connectivity index (χ0v) is 10.2. The van der Waals surface area contributed by atoms with Gasteiger partial charge in [-0.1, -0.05) is 25.7 Å². The van der Waals surface area contributed by atoms with Gasteiger partial charge in [-0.3, -0.25) is 0 Å². The Hall–Kier alpha value is -1.63. The molecule has 4 nitrogen and oxygen atoms in total. The third-order valence-electron chi connectivity index (χ3n) is 3.16. The minimum absolute atomic E-state index is 0.439. The van der Waals surface area contributed by atoms with Gasteiger partial charge in [0.05, 0.1) is 0 Å². The van der Waals surface area contributed by atoms with Crippen LogP contribution in [0, 0.1) is 18.3 Å². The van der Waals surface area contributed by atoms with Crippen molar-refractivity contribution < 1.29 is 0 Å². The van der Waals surface area contributed by atoms with Crippen molar-refractivity contribution in [1.82, 2.24) is 9.97 Å². The normalized spacial score (nSPS) is 17.2. The molecule has 90 valence electrons. The number of nitrogens with one attached hydrogen (secondary N) is 1. The molecule has 0 spiro atoms. The van der Waals surface area contributed by atoms with Gasteiger partial charge >= 0.3 is 0 Å². The molecule has 0 unspecified atom stereocenters. The molecule has 17 heavy (non-hydrogen) atoms. The van der Waals surface area contributed by atoms with Gasteiger partial charge in [-0.05, 0) is 19.8 Å². The molecule has 0 atom stereocenters. The van der Waals surface area contributed by atoms with Crippen molar-refractivity contribution in [2.75, 3.05) is 5.32 Å². The predicted octanol–water partition coefficient (Wildman–Crippen LogP) is 2.79. The Labute approximate surface area is 102 Å². The highest BCUT2D eigenvalue weighted by atomic mass is 15.0. The minimum Gasteiger partial charge on any atom is -0.367 e. The van der Waals surface area contributed by atoms with E-state index in [0.29, 0.717) is 17.6 Å². The van der Waals surface area contributed by atoms with E-state index in [4.69, 9.17) is 5.26 Å². The van der Waals surface area contributed by atoms with Gasteiger partial charge < -0.3 is 5.32 Å². The standard InChI is InChI=1S/C13H18N4/c1-10-15-12(9-14)8-13(16-10)17-11-6-4-2-3-5-7-11/h8,11H,2-7H2,1H3,(H,15,16,17). The van der Waals surface area contributed by atoms with Gasteiger partial charge in [0, 0.05) is 12.1 Å². The zero-order valence-electron chi connectivity index (χ0n) is 10.2. The maximum absolute atomic E-state index is 8.87. The summed E-state index contributed by atoms with van der Waals surface area (Å²) >= 11 is 0. The van der Waals surface area contributed by atoms with E-state index in [-0.39, 0.29) is 0 Å². The molecule has 2 rings (SSSR count). The first-order valence-electron chi connectivity index (χ1n) is 6.30. The Morgan fingerprint density at radius 1 is 1.24 bits per heavy atom. The summed E-state index contributed by atoms with van der Waals surface area (Å²) < 4.78 is 0. The number of hydrogen-bond donors (Lipinski definition) is 1. The molecule has 0 aliphatic heterocycles. The van der Waals surface area contributed by atoms with Crippen LogP contribution >= 0.6 is 0 Å². The molecule has 1 aromatic heterocycles. The van der Waals surface area contributed by atoms with Crippen molar-refractivity contribution >= 4 is 5.82 Å². The average molecular weight is 230 g/mol. The Kier molecular flexibility index (Phi) is 3.92. The van der Waals surface area contributed by atoms with Gasteiger partial charge in [-0.15, -0.1) is 0 Å². The van der Waals surface area contributed by atoms with Gasteiger partial charge in [0.1, 0.15) is 23.4 Å². The van der Waals surface area contributed by atoms with Crippen LogP contribution < -0.4 is 5.32 Å². The first-order chi connectivity index (χ1) is 8.28. The first-order valence-corrected chi connectivity index (χ1v) is 6.30. The van der Waals surface area contributed by atoms with Crippen molar-refractivity contribution in [2.45, 2.75) is 51.5 Å². The van der Waals surface area contributed by atoms with Gasteiger partial charge in [-0.2, -0.15) is 5.26 Å². The lowest BCUT2D eigenvalue weighted by Gasteiger charge is -2.16. The molecule has 1 aliphatic rings. The average Bonchev–Trinajstić information content (AvgIpc) is 2.57. The molecule has 1 fully saturated rings. The molecular formula is C13H18N4. The first kappa shape index (κ1) is 11.8. The van der Waals surface area contributed by atoms with Crippen LogP contribution in [0.1, 0.15) is 50.0 Å². The molecule has 0 aromatic carbocycles. The highest BCUT2D eigenvalue weighted by Gasteiger charge is 2.13. The topological polar surface area (TPSA) is 61.6 Å². The molecule has 0 amide bonds. The van der Waals surface area contributed by atoms with Crippen molar-refractivity contribution in [2.24, 2.45) is 0 Å². The van der Waals surface area contributed by atoms with Gasteiger partial charge in [0.25, 0.3) is 0 Å². The fourth-order valence-electron chi connectivity index (χ4n) is 2.33. The monoisotopic (exact) mass is 230 g/mol. The van der Waals surface area contributed by atoms with E-state index in [1.165, 1.54) is 38.5 Å². The smallest absolute Gasteiger partial charge is 0.146 e. The van der Waals surface area contributed by atoms with Crippen molar-refractivity contribution in [3.8, 4) is 6.07 Å². The Balaban J connectivity index is 2.06. The SMILES string of the molecule is Cc1nc(C#N)cc(NC2CCCCCC2)n1. The minimum atomic E-state index is 0.439. The molecule has 1 aliphatic carbocycles. The van der Waals surface area contributed by atoms with Gasteiger partial charge in [0.15, 0.2) is 0 Å². The molecule has 0 saturated heterocycles. The lowest BCUT2D eigenvalue weighted by molar-refractivity contribution is 0.617. The molecule has 1 heterocycles. The molecule has 1 aromatic rings. The second-order valence-electron chi connectivity index (χ2n) is 4.63. The summed E-state index contributed by atoms with van der Waals surface area (Å²) in [6.07, 6.45) is 7.64. The second kappa shape index (κ2) is 5.62. The van der Waals surface area contributed by atoms with Crippen LogP contribution in [0.2, 0.25) is 0 Å². The lowest BCUT2D eigenvalue weighted by Crippen LogP contribution is -2.19. The van der Waals surface area contributed by atoms with Crippen LogP contribution in [-0.4, -0.2) is 16.0 Å². The summed E-state index contributed by atoms with van der Waals surface area (Å²) in [5.41, 5.74) is 0.439. The van der Waals surface area contributed by atoms with Crippen LogP contribution in [0.5, 0.6) is 0 Å². The van der Waals surface area contributed by atoms with Crippen LogP contribution in [0.15, 0.2) is 6.07 Å². The summed E-state index contributed by atoms with van der Waals surface area (Å²) in [6.45, 7) is 1.82. The van der Waals surface area contributed by atoms with Crippen LogP contribution in [0.25, 0.3) is 0 Å². The van der Waals surface area contributed by atoms with E-state index in [0.717, 1.165) is 5.82 Å². The Bertz CT molecular complexity index is 414. The van der Waals surface area contributed by atoms with Crippen LogP contribution in [0.3, 0.4) is 0 Å². The third kappa shape index (κ3) is 3.42. The molecule has 4 heteroatoms. The van der Waals surface area contributed by atoms with Crippen molar-refractivity contribution in [1.29, 1.82) is 5.26 Å². The molecular weight excluding hydrogens is 212 g/mol. The van der Waals surface area contributed by atoms with Crippen molar-refractivity contribution in [3.63, 3.8) is 0 Å².